The van der Waals surface area contributed by atoms with E-state index < -0.39 is 0 Å². The number of benzene rings is 1. The minimum Gasteiger partial charge on any atom is -0.496 e. The third-order valence-electron chi connectivity index (χ3n) is 3.05. The Bertz CT molecular complexity index is 431. The highest BCUT2D eigenvalue weighted by Crippen LogP contribution is 2.25. The van der Waals surface area contributed by atoms with Crippen molar-refractivity contribution in [3.05, 3.63) is 28.2 Å². The number of methoxy groups -OCH3 is 1. The Hall–Kier alpha value is -0.910. The molecule has 0 atom stereocenters. The van der Waals surface area contributed by atoms with Gasteiger partial charge in [0.05, 0.1) is 18.1 Å². The predicted molar refractivity (Wildman–Crippen MR) is 74.3 cm³/mol. The fraction of sp³-hybridized carbons (Fsp3) is 0.462. The molecule has 1 saturated heterocycles. The number of halogens is 1. The van der Waals surface area contributed by atoms with Crippen molar-refractivity contribution in [1.29, 1.82) is 0 Å². The zero-order valence-electron chi connectivity index (χ0n) is 10.4. The molecule has 0 aromatic heterocycles. The topological polar surface area (TPSA) is 41.6 Å². The molecular formula is C13H17BrN2O2. The molecule has 1 aliphatic rings. The van der Waals surface area contributed by atoms with Crippen LogP contribution in [0.3, 0.4) is 0 Å². The molecule has 5 heteroatoms. The molecule has 1 aromatic rings. The van der Waals surface area contributed by atoms with Crippen LogP contribution in [-0.4, -0.2) is 50.5 Å². The van der Waals surface area contributed by atoms with Crippen LogP contribution >= 0.6 is 15.9 Å². The molecule has 2 rings (SSSR count). The van der Waals surface area contributed by atoms with E-state index >= 15 is 0 Å². The molecule has 0 bridgehead atoms. The number of nitrogens with zero attached hydrogens (tertiary/aromatic N) is 1. The van der Waals surface area contributed by atoms with Gasteiger partial charge in [0.1, 0.15) is 5.75 Å². The number of hydrogen-bond donors (Lipinski definition) is 1. The molecule has 1 heterocycles. The summed E-state index contributed by atoms with van der Waals surface area (Å²) >= 11 is 3.40. The largest absolute Gasteiger partial charge is 0.496 e. The summed E-state index contributed by atoms with van der Waals surface area (Å²) in [5.74, 6) is 0.897. The lowest BCUT2D eigenvalue weighted by atomic mass is 10.1. The van der Waals surface area contributed by atoms with E-state index in [9.17, 15) is 4.79 Å². The van der Waals surface area contributed by atoms with Crippen molar-refractivity contribution < 1.29 is 9.53 Å². The molecule has 0 radical (unpaired) electrons. The second kappa shape index (κ2) is 6.31. The Morgan fingerprint density at radius 3 is 2.78 bits per heavy atom. The average Bonchev–Trinajstić information content (AvgIpc) is 2.39. The lowest BCUT2D eigenvalue weighted by molar-refractivity contribution is 0.0921. The van der Waals surface area contributed by atoms with Gasteiger partial charge in [-0.25, -0.2) is 0 Å². The summed E-state index contributed by atoms with van der Waals surface area (Å²) in [5, 5.41) is 3.27. The molecule has 1 aromatic carbocycles. The normalized spacial score (nSPS) is 16.6. The van der Waals surface area contributed by atoms with Crippen molar-refractivity contribution in [2.45, 2.75) is 0 Å². The maximum absolute atomic E-state index is 12.1. The maximum Gasteiger partial charge on any atom is 0.176 e. The molecule has 18 heavy (non-hydrogen) atoms. The highest BCUT2D eigenvalue weighted by molar-refractivity contribution is 9.10. The van der Waals surface area contributed by atoms with E-state index in [0.29, 0.717) is 6.54 Å². The highest BCUT2D eigenvalue weighted by atomic mass is 79.9. The maximum atomic E-state index is 12.1. The number of piperazine rings is 1. The Morgan fingerprint density at radius 2 is 2.17 bits per heavy atom. The summed E-state index contributed by atoms with van der Waals surface area (Å²) in [6, 6.07) is 5.45. The summed E-state index contributed by atoms with van der Waals surface area (Å²) in [5.41, 5.74) is 0.723. The fourth-order valence-electron chi connectivity index (χ4n) is 2.00. The molecule has 1 fully saturated rings. The van der Waals surface area contributed by atoms with Gasteiger partial charge in [0.2, 0.25) is 0 Å². The van der Waals surface area contributed by atoms with E-state index in [1.54, 1.807) is 7.11 Å². The lowest BCUT2D eigenvalue weighted by Crippen LogP contribution is -2.45. The fourth-order valence-corrected chi connectivity index (χ4v) is 2.54. The first-order chi connectivity index (χ1) is 8.70. The Labute approximate surface area is 115 Å². The summed E-state index contributed by atoms with van der Waals surface area (Å²) in [4.78, 5) is 14.3. The molecule has 4 nitrogen and oxygen atoms in total. The van der Waals surface area contributed by atoms with Gasteiger partial charge in [-0.05, 0) is 34.1 Å². The molecule has 1 N–H and O–H groups in total. The molecule has 0 amide bonds. The number of carbonyl (C=O) groups excluding carboxylic acids is 1. The van der Waals surface area contributed by atoms with E-state index in [2.05, 4.69) is 26.1 Å². The van der Waals surface area contributed by atoms with Crippen LogP contribution in [0.4, 0.5) is 0 Å². The molecule has 0 aliphatic carbocycles. The van der Waals surface area contributed by atoms with Gasteiger partial charge in [-0.2, -0.15) is 0 Å². The number of carbonyl (C=O) groups is 1. The zero-order valence-corrected chi connectivity index (χ0v) is 12.0. The van der Waals surface area contributed by atoms with E-state index in [4.69, 9.17) is 4.74 Å². The monoisotopic (exact) mass is 312 g/mol. The van der Waals surface area contributed by atoms with Crippen molar-refractivity contribution in [2.75, 3.05) is 39.8 Å². The van der Waals surface area contributed by atoms with Crippen molar-refractivity contribution in [3.63, 3.8) is 0 Å². The van der Waals surface area contributed by atoms with Crippen LogP contribution in [0, 0.1) is 0 Å². The molecule has 1 aliphatic heterocycles. The van der Waals surface area contributed by atoms with E-state index in [-0.39, 0.29) is 5.78 Å². The summed E-state index contributed by atoms with van der Waals surface area (Å²) in [6.07, 6.45) is 0. The van der Waals surface area contributed by atoms with E-state index in [0.717, 1.165) is 42.0 Å². The van der Waals surface area contributed by atoms with Crippen LogP contribution in [0.2, 0.25) is 0 Å². The quantitative estimate of drug-likeness (QED) is 0.857. The Kier molecular flexibility index (Phi) is 4.74. The van der Waals surface area contributed by atoms with Crippen molar-refractivity contribution in [1.82, 2.24) is 10.2 Å². The Balaban J connectivity index is 2.01. The van der Waals surface area contributed by atoms with Crippen molar-refractivity contribution in [2.24, 2.45) is 0 Å². The number of ether oxygens (including phenoxy) is 1. The van der Waals surface area contributed by atoms with E-state index in [1.807, 2.05) is 18.2 Å². The van der Waals surface area contributed by atoms with Crippen LogP contribution in [0.25, 0.3) is 0 Å². The molecule has 98 valence electrons. The van der Waals surface area contributed by atoms with Gasteiger partial charge in [0.15, 0.2) is 5.78 Å². The van der Waals surface area contributed by atoms with Gasteiger partial charge in [-0.15, -0.1) is 0 Å². The van der Waals surface area contributed by atoms with Crippen LogP contribution in [0.5, 0.6) is 5.75 Å². The molecule has 0 spiro atoms. The van der Waals surface area contributed by atoms with Crippen LogP contribution < -0.4 is 10.1 Å². The third kappa shape index (κ3) is 3.31. The summed E-state index contributed by atoms with van der Waals surface area (Å²) in [6.45, 7) is 4.27. The number of Topliss-reactive ketones (excluding diaryl/α,β-unsaturated/α-hetero) is 1. The minimum atomic E-state index is 0.153. The number of ketones is 1. The highest BCUT2D eigenvalue weighted by Gasteiger charge is 2.15. The van der Waals surface area contributed by atoms with Crippen molar-refractivity contribution in [3.8, 4) is 5.75 Å². The first-order valence-electron chi connectivity index (χ1n) is 6.00. The van der Waals surface area contributed by atoms with Gasteiger partial charge >= 0.3 is 0 Å². The SMILES string of the molecule is COc1ccc(C(=O)CN2CCNCC2)cc1Br. The first-order valence-corrected chi connectivity index (χ1v) is 6.80. The summed E-state index contributed by atoms with van der Waals surface area (Å²) < 4.78 is 5.97. The smallest absolute Gasteiger partial charge is 0.176 e. The lowest BCUT2D eigenvalue weighted by Gasteiger charge is -2.26. The van der Waals surface area contributed by atoms with Gasteiger partial charge in [-0.1, -0.05) is 0 Å². The zero-order chi connectivity index (χ0) is 13.0. The predicted octanol–water partition coefficient (Wildman–Crippen LogP) is 1.55. The molecule has 0 unspecified atom stereocenters. The van der Waals surface area contributed by atoms with Crippen LogP contribution in [-0.2, 0) is 0 Å². The Morgan fingerprint density at radius 1 is 1.44 bits per heavy atom. The summed E-state index contributed by atoms with van der Waals surface area (Å²) in [7, 11) is 1.61. The van der Waals surface area contributed by atoms with E-state index in [1.165, 1.54) is 0 Å². The number of rotatable bonds is 4. The standard InChI is InChI=1S/C13H17BrN2O2/c1-18-13-3-2-10(8-11(13)14)12(17)9-16-6-4-15-5-7-16/h2-3,8,15H,4-7,9H2,1H3. The minimum absolute atomic E-state index is 0.153. The first kappa shape index (κ1) is 13.5. The van der Waals surface area contributed by atoms with Gasteiger partial charge in [0.25, 0.3) is 0 Å². The average molecular weight is 313 g/mol. The van der Waals surface area contributed by atoms with Crippen molar-refractivity contribution >= 4 is 21.7 Å². The molecular weight excluding hydrogens is 296 g/mol. The number of hydrogen-bond acceptors (Lipinski definition) is 4. The molecule has 0 saturated carbocycles. The van der Waals surface area contributed by atoms with Gasteiger partial charge < -0.3 is 10.1 Å². The van der Waals surface area contributed by atoms with Gasteiger partial charge in [-0.3, -0.25) is 9.69 Å². The van der Waals surface area contributed by atoms with Gasteiger partial charge in [0, 0.05) is 31.7 Å². The van der Waals surface area contributed by atoms with Crippen LogP contribution in [0.1, 0.15) is 10.4 Å². The second-order valence-corrected chi connectivity index (χ2v) is 5.15. The number of nitrogens with one attached hydrogen (secondary N) is 1. The van der Waals surface area contributed by atoms with Crippen LogP contribution in [0.15, 0.2) is 22.7 Å². The second-order valence-electron chi connectivity index (χ2n) is 4.30. The third-order valence-corrected chi connectivity index (χ3v) is 3.67.